The van der Waals surface area contributed by atoms with E-state index in [-0.39, 0.29) is 13.2 Å². The molecular formula is C14H12F2O2. The lowest BCUT2D eigenvalue weighted by atomic mass is 10.2. The fourth-order valence-corrected chi connectivity index (χ4v) is 1.49. The van der Waals surface area contributed by atoms with Crippen molar-refractivity contribution in [1.82, 2.24) is 0 Å². The van der Waals surface area contributed by atoms with Gasteiger partial charge in [0.05, 0.1) is 6.61 Å². The molecule has 2 aromatic carbocycles. The minimum atomic E-state index is -0.883. The Labute approximate surface area is 103 Å². The zero-order valence-corrected chi connectivity index (χ0v) is 9.57. The number of hydrogen-bond donors (Lipinski definition) is 1. The van der Waals surface area contributed by atoms with Crippen LogP contribution < -0.4 is 4.74 Å². The van der Waals surface area contributed by atoms with Gasteiger partial charge in [-0.25, -0.2) is 8.78 Å². The molecule has 94 valence electrons. The van der Waals surface area contributed by atoms with Gasteiger partial charge in [0.2, 0.25) is 0 Å². The van der Waals surface area contributed by atoms with E-state index in [0.29, 0.717) is 11.3 Å². The van der Waals surface area contributed by atoms with E-state index >= 15 is 0 Å². The van der Waals surface area contributed by atoms with Gasteiger partial charge in [-0.3, -0.25) is 0 Å². The molecule has 4 heteroatoms. The highest BCUT2D eigenvalue weighted by Crippen LogP contribution is 2.15. The Balaban J connectivity index is 1.99. The number of halogens is 2. The van der Waals surface area contributed by atoms with Crippen LogP contribution in [-0.4, -0.2) is 5.11 Å². The van der Waals surface area contributed by atoms with Crippen molar-refractivity contribution in [3.05, 3.63) is 65.2 Å². The second-order valence-electron chi connectivity index (χ2n) is 3.84. The van der Waals surface area contributed by atoms with E-state index in [1.807, 2.05) is 0 Å². The largest absolute Gasteiger partial charge is 0.489 e. The number of aliphatic hydroxyl groups excluding tert-OH is 1. The van der Waals surface area contributed by atoms with E-state index in [0.717, 1.165) is 17.7 Å². The Bertz CT molecular complexity index is 524. The number of ether oxygens (including phenoxy) is 1. The Morgan fingerprint density at radius 1 is 0.889 bits per heavy atom. The Morgan fingerprint density at radius 2 is 1.56 bits per heavy atom. The van der Waals surface area contributed by atoms with Crippen molar-refractivity contribution in [2.45, 2.75) is 13.2 Å². The molecule has 0 unspecified atom stereocenters. The Kier molecular flexibility index (Phi) is 3.89. The molecule has 0 amide bonds. The average Bonchev–Trinajstić information content (AvgIpc) is 2.41. The summed E-state index contributed by atoms with van der Waals surface area (Å²) in [6.45, 7) is 0.138. The predicted octanol–water partition coefficient (Wildman–Crippen LogP) is 3.04. The summed E-state index contributed by atoms with van der Waals surface area (Å²) >= 11 is 0. The number of benzene rings is 2. The lowest BCUT2D eigenvalue weighted by Crippen LogP contribution is -1.97. The molecule has 0 aliphatic rings. The monoisotopic (exact) mass is 250 g/mol. The molecule has 0 aliphatic carbocycles. The van der Waals surface area contributed by atoms with Crippen LogP contribution in [0, 0.1) is 11.6 Å². The summed E-state index contributed by atoms with van der Waals surface area (Å²) in [5.74, 6) is -1.14. The van der Waals surface area contributed by atoms with Gasteiger partial charge in [0.25, 0.3) is 0 Å². The molecule has 1 N–H and O–H groups in total. The van der Waals surface area contributed by atoms with Gasteiger partial charge in [0, 0.05) is 0 Å². The first-order chi connectivity index (χ1) is 8.69. The summed E-state index contributed by atoms with van der Waals surface area (Å²) in [6.07, 6.45) is 0. The summed E-state index contributed by atoms with van der Waals surface area (Å²) in [6, 6.07) is 10.6. The molecule has 18 heavy (non-hydrogen) atoms. The van der Waals surface area contributed by atoms with Crippen LogP contribution in [0.2, 0.25) is 0 Å². The summed E-state index contributed by atoms with van der Waals surface area (Å²) in [4.78, 5) is 0. The van der Waals surface area contributed by atoms with E-state index in [2.05, 4.69) is 0 Å². The molecule has 0 fully saturated rings. The molecule has 0 aliphatic heterocycles. The van der Waals surface area contributed by atoms with Crippen LogP contribution in [0.5, 0.6) is 5.75 Å². The van der Waals surface area contributed by atoms with Crippen LogP contribution in [0.25, 0.3) is 0 Å². The Morgan fingerprint density at radius 3 is 2.17 bits per heavy atom. The number of rotatable bonds is 4. The molecule has 0 saturated heterocycles. The summed E-state index contributed by atoms with van der Waals surface area (Å²) in [5.41, 5.74) is 1.34. The van der Waals surface area contributed by atoms with Crippen molar-refractivity contribution >= 4 is 0 Å². The van der Waals surface area contributed by atoms with Crippen molar-refractivity contribution in [3.8, 4) is 5.75 Å². The molecule has 0 spiro atoms. The van der Waals surface area contributed by atoms with Gasteiger partial charge in [0.1, 0.15) is 12.4 Å². The van der Waals surface area contributed by atoms with E-state index < -0.39 is 11.6 Å². The van der Waals surface area contributed by atoms with Gasteiger partial charge in [-0.1, -0.05) is 18.2 Å². The quantitative estimate of drug-likeness (QED) is 0.903. The molecule has 0 aromatic heterocycles. The lowest BCUT2D eigenvalue weighted by molar-refractivity contribution is 0.280. The van der Waals surface area contributed by atoms with Crippen LogP contribution in [0.4, 0.5) is 8.78 Å². The maximum atomic E-state index is 12.9. The van der Waals surface area contributed by atoms with Crippen LogP contribution in [-0.2, 0) is 13.2 Å². The summed E-state index contributed by atoms with van der Waals surface area (Å²) < 4.78 is 31.1. The highest BCUT2D eigenvalue weighted by molar-refractivity contribution is 5.27. The molecule has 2 aromatic rings. The minimum Gasteiger partial charge on any atom is -0.489 e. The van der Waals surface area contributed by atoms with Crippen LogP contribution in [0.3, 0.4) is 0 Å². The summed E-state index contributed by atoms with van der Waals surface area (Å²) in [7, 11) is 0. The van der Waals surface area contributed by atoms with Gasteiger partial charge >= 0.3 is 0 Å². The molecule has 2 nitrogen and oxygen atoms in total. The molecule has 0 atom stereocenters. The van der Waals surface area contributed by atoms with Crippen LogP contribution in [0.1, 0.15) is 11.1 Å². The van der Waals surface area contributed by atoms with Crippen molar-refractivity contribution in [2.24, 2.45) is 0 Å². The standard InChI is InChI=1S/C14H12F2O2/c15-13-6-3-11(7-14(13)16)9-18-12-4-1-10(8-17)2-5-12/h1-7,17H,8-9H2. The second-order valence-corrected chi connectivity index (χ2v) is 3.84. The molecular weight excluding hydrogens is 238 g/mol. The lowest BCUT2D eigenvalue weighted by Gasteiger charge is -2.07. The first-order valence-corrected chi connectivity index (χ1v) is 5.45. The van der Waals surface area contributed by atoms with Crippen molar-refractivity contribution in [2.75, 3.05) is 0 Å². The Hall–Kier alpha value is -1.94. The van der Waals surface area contributed by atoms with Gasteiger partial charge in [-0.15, -0.1) is 0 Å². The molecule has 2 rings (SSSR count). The highest BCUT2D eigenvalue weighted by atomic mass is 19.2. The minimum absolute atomic E-state index is 0.0244. The third-order valence-electron chi connectivity index (χ3n) is 2.50. The summed E-state index contributed by atoms with van der Waals surface area (Å²) in [5, 5.41) is 8.87. The van der Waals surface area contributed by atoms with Crippen LogP contribution >= 0.6 is 0 Å². The maximum absolute atomic E-state index is 12.9. The number of aliphatic hydroxyl groups is 1. The van der Waals surface area contributed by atoms with Gasteiger partial charge in [-0.05, 0) is 35.4 Å². The molecule has 0 bridgehead atoms. The first kappa shape index (κ1) is 12.5. The maximum Gasteiger partial charge on any atom is 0.159 e. The van der Waals surface area contributed by atoms with E-state index in [1.54, 1.807) is 24.3 Å². The zero-order chi connectivity index (χ0) is 13.0. The molecule has 0 saturated carbocycles. The fourth-order valence-electron chi connectivity index (χ4n) is 1.49. The van der Waals surface area contributed by atoms with Gasteiger partial charge in [-0.2, -0.15) is 0 Å². The fraction of sp³-hybridized carbons (Fsp3) is 0.143. The van der Waals surface area contributed by atoms with Crippen molar-refractivity contribution in [1.29, 1.82) is 0 Å². The third-order valence-corrected chi connectivity index (χ3v) is 2.50. The zero-order valence-electron chi connectivity index (χ0n) is 9.57. The smallest absolute Gasteiger partial charge is 0.159 e. The van der Waals surface area contributed by atoms with E-state index in [1.165, 1.54) is 6.07 Å². The van der Waals surface area contributed by atoms with Gasteiger partial charge in [0.15, 0.2) is 11.6 Å². The molecule has 0 heterocycles. The second kappa shape index (κ2) is 5.60. The molecule has 0 radical (unpaired) electrons. The SMILES string of the molecule is OCc1ccc(OCc2ccc(F)c(F)c2)cc1. The predicted molar refractivity (Wildman–Crippen MR) is 63.1 cm³/mol. The normalized spacial score (nSPS) is 10.4. The van der Waals surface area contributed by atoms with Crippen molar-refractivity contribution < 1.29 is 18.6 Å². The van der Waals surface area contributed by atoms with Crippen molar-refractivity contribution in [3.63, 3.8) is 0 Å². The third kappa shape index (κ3) is 3.05. The first-order valence-electron chi connectivity index (χ1n) is 5.45. The topological polar surface area (TPSA) is 29.5 Å². The van der Waals surface area contributed by atoms with Crippen LogP contribution in [0.15, 0.2) is 42.5 Å². The number of hydrogen-bond acceptors (Lipinski definition) is 2. The van der Waals surface area contributed by atoms with Gasteiger partial charge < -0.3 is 9.84 Å². The average molecular weight is 250 g/mol. The van der Waals surface area contributed by atoms with E-state index in [9.17, 15) is 8.78 Å². The highest BCUT2D eigenvalue weighted by Gasteiger charge is 2.03. The van der Waals surface area contributed by atoms with E-state index in [4.69, 9.17) is 9.84 Å².